The number of hydrogen-bond donors (Lipinski definition) is 2. The van der Waals surface area contributed by atoms with Gasteiger partial charge in [-0.15, -0.1) is 0 Å². The molecule has 0 heterocycles. The second-order valence-electron chi connectivity index (χ2n) is 5.57. The molecule has 0 radical (unpaired) electrons. The summed E-state index contributed by atoms with van der Waals surface area (Å²) in [6.45, 7) is 2.04. The normalized spacial score (nSPS) is 10.6. The Morgan fingerprint density at radius 2 is 1.86 bits per heavy atom. The first-order chi connectivity index (χ1) is 13.4. The van der Waals surface area contributed by atoms with E-state index in [1.165, 1.54) is 19.3 Å². The van der Waals surface area contributed by atoms with Crippen LogP contribution in [-0.4, -0.2) is 32.1 Å². The number of hydrogen-bond acceptors (Lipinski definition) is 4. The van der Waals surface area contributed by atoms with E-state index in [0.29, 0.717) is 23.7 Å². The van der Waals surface area contributed by atoms with Crippen LogP contribution in [0.3, 0.4) is 0 Å². The van der Waals surface area contributed by atoms with Crippen LogP contribution in [0.25, 0.3) is 6.08 Å². The summed E-state index contributed by atoms with van der Waals surface area (Å²) in [5, 5.41) is 4.76. The summed E-state index contributed by atoms with van der Waals surface area (Å²) >= 11 is 0. The molecule has 2 rings (SSSR count). The lowest BCUT2D eigenvalue weighted by molar-refractivity contribution is -0.121. The number of ether oxygens (including phenoxy) is 2. The van der Waals surface area contributed by atoms with Crippen molar-refractivity contribution in [2.75, 3.05) is 25.6 Å². The largest absolute Gasteiger partial charge is 0.493 e. The summed E-state index contributed by atoms with van der Waals surface area (Å²) in [5.74, 6) is -2.02. The molecule has 0 fully saturated rings. The van der Waals surface area contributed by atoms with Crippen LogP contribution in [0.2, 0.25) is 0 Å². The van der Waals surface area contributed by atoms with Gasteiger partial charge in [0.05, 0.1) is 20.3 Å². The van der Waals surface area contributed by atoms with Gasteiger partial charge in [0.15, 0.2) is 23.1 Å². The molecule has 0 aromatic heterocycles. The molecule has 0 aliphatic rings. The third-order valence-electron chi connectivity index (χ3n) is 3.54. The third-order valence-corrected chi connectivity index (χ3v) is 3.54. The molecular formula is C20H20F2N2O4. The van der Waals surface area contributed by atoms with Crippen LogP contribution in [0, 0.1) is 11.6 Å². The van der Waals surface area contributed by atoms with E-state index in [-0.39, 0.29) is 12.2 Å². The Kier molecular flexibility index (Phi) is 7.50. The highest BCUT2D eigenvalue weighted by molar-refractivity contribution is 5.98. The Hall–Kier alpha value is -3.42. The van der Waals surface area contributed by atoms with E-state index >= 15 is 0 Å². The number of carbonyl (C=O) groups is 2. The van der Waals surface area contributed by atoms with Gasteiger partial charge in [-0.1, -0.05) is 6.07 Å². The van der Waals surface area contributed by atoms with Crippen molar-refractivity contribution in [2.45, 2.75) is 6.92 Å². The molecule has 0 aliphatic carbocycles. The molecule has 0 bridgehead atoms. The highest BCUT2D eigenvalue weighted by Crippen LogP contribution is 2.28. The fourth-order valence-corrected chi connectivity index (χ4v) is 2.24. The third kappa shape index (κ3) is 6.08. The lowest BCUT2D eigenvalue weighted by atomic mass is 10.2. The molecule has 2 aromatic carbocycles. The number of amides is 2. The van der Waals surface area contributed by atoms with E-state index in [0.717, 1.165) is 12.1 Å². The van der Waals surface area contributed by atoms with Crippen molar-refractivity contribution in [1.82, 2.24) is 5.32 Å². The fourth-order valence-electron chi connectivity index (χ4n) is 2.24. The number of methoxy groups -OCH3 is 1. The van der Waals surface area contributed by atoms with Crippen molar-refractivity contribution in [3.8, 4) is 11.5 Å². The SMILES string of the molecule is CCOc1ccc(/C=C/C(=O)NCC(=O)Nc2ccc(F)c(F)c2)cc1OC. The summed E-state index contributed by atoms with van der Waals surface area (Å²) in [7, 11) is 1.52. The molecule has 28 heavy (non-hydrogen) atoms. The molecular weight excluding hydrogens is 370 g/mol. The quantitative estimate of drug-likeness (QED) is 0.679. The van der Waals surface area contributed by atoms with Crippen LogP contribution >= 0.6 is 0 Å². The Balaban J connectivity index is 1.87. The Morgan fingerprint density at radius 1 is 1.07 bits per heavy atom. The Morgan fingerprint density at radius 3 is 2.54 bits per heavy atom. The highest BCUT2D eigenvalue weighted by atomic mass is 19.2. The smallest absolute Gasteiger partial charge is 0.244 e. The van der Waals surface area contributed by atoms with Crippen molar-refractivity contribution in [2.24, 2.45) is 0 Å². The molecule has 6 nitrogen and oxygen atoms in total. The van der Waals surface area contributed by atoms with E-state index in [4.69, 9.17) is 9.47 Å². The average Bonchev–Trinajstić information content (AvgIpc) is 2.68. The first-order valence-electron chi connectivity index (χ1n) is 8.44. The maximum absolute atomic E-state index is 13.1. The zero-order valence-corrected chi connectivity index (χ0v) is 15.4. The van der Waals surface area contributed by atoms with Crippen LogP contribution in [-0.2, 0) is 9.59 Å². The number of halogens is 2. The van der Waals surface area contributed by atoms with E-state index in [9.17, 15) is 18.4 Å². The van der Waals surface area contributed by atoms with Crippen LogP contribution in [0.1, 0.15) is 12.5 Å². The molecule has 0 saturated carbocycles. The van der Waals surface area contributed by atoms with Gasteiger partial charge in [-0.3, -0.25) is 9.59 Å². The number of anilines is 1. The number of rotatable bonds is 8. The topological polar surface area (TPSA) is 76.7 Å². The highest BCUT2D eigenvalue weighted by Gasteiger charge is 2.08. The maximum atomic E-state index is 13.1. The minimum absolute atomic E-state index is 0.0928. The standard InChI is InChI=1S/C20H20F2N2O4/c1-3-28-17-8-4-13(10-18(17)27-2)5-9-19(25)23-12-20(26)24-14-6-7-15(21)16(22)11-14/h4-11H,3,12H2,1-2H3,(H,23,25)(H,24,26)/b9-5+. The van der Waals surface area contributed by atoms with Gasteiger partial charge in [-0.25, -0.2) is 8.78 Å². The van der Waals surface area contributed by atoms with Crippen LogP contribution in [0.15, 0.2) is 42.5 Å². The van der Waals surface area contributed by atoms with E-state index < -0.39 is 23.4 Å². The monoisotopic (exact) mass is 390 g/mol. The van der Waals surface area contributed by atoms with Crippen molar-refractivity contribution in [3.05, 3.63) is 59.7 Å². The van der Waals surface area contributed by atoms with Gasteiger partial charge in [-0.2, -0.15) is 0 Å². The van der Waals surface area contributed by atoms with Crippen molar-refractivity contribution >= 4 is 23.6 Å². The van der Waals surface area contributed by atoms with Crippen molar-refractivity contribution < 1.29 is 27.8 Å². The zero-order chi connectivity index (χ0) is 20.5. The molecule has 148 valence electrons. The van der Waals surface area contributed by atoms with E-state index in [2.05, 4.69) is 10.6 Å². The second kappa shape index (κ2) is 10.1. The minimum Gasteiger partial charge on any atom is -0.493 e. The predicted molar refractivity (Wildman–Crippen MR) is 101 cm³/mol. The number of benzene rings is 2. The van der Waals surface area contributed by atoms with Gasteiger partial charge < -0.3 is 20.1 Å². The van der Waals surface area contributed by atoms with Gasteiger partial charge in [-0.05, 0) is 42.8 Å². The van der Waals surface area contributed by atoms with Gasteiger partial charge in [0, 0.05) is 17.8 Å². The Bertz CT molecular complexity index is 885. The van der Waals surface area contributed by atoms with Crippen molar-refractivity contribution in [1.29, 1.82) is 0 Å². The predicted octanol–water partition coefficient (Wildman–Crippen LogP) is 3.14. The molecule has 0 unspecified atom stereocenters. The van der Waals surface area contributed by atoms with Gasteiger partial charge >= 0.3 is 0 Å². The summed E-state index contributed by atoms with van der Waals surface area (Å²) in [4.78, 5) is 23.6. The second-order valence-corrected chi connectivity index (χ2v) is 5.57. The van der Waals surface area contributed by atoms with E-state index in [1.807, 2.05) is 6.92 Å². The first kappa shape index (κ1) is 20.9. The average molecular weight is 390 g/mol. The van der Waals surface area contributed by atoms with E-state index in [1.54, 1.807) is 24.3 Å². The molecule has 8 heteroatoms. The lowest BCUT2D eigenvalue weighted by Gasteiger charge is -2.09. The van der Waals surface area contributed by atoms with Gasteiger partial charge in [0.2, 0.25) is 11.8 Å². The number of nitrogens with one attached hydrogen (secondary N) is 2. The molecule has 2 aromatic rings. The Labute approximate surface area is 161 Å². The van der Waals surface area contributed by atoms with Crippen LogP contribution in [0.5, 0.6) is 11.5 Å². The lowest BCUT2D eigenvalue weighted by Crippen LogP contribution is -2.31. The van der Waals surface area contributed by atoms with Gasteiger partial charge in [0.25, 0.3) is 0 Å². The van der Waals surface area contributed by atoms with Crippen molar-refractivity contribution in [3.63, 3.8) is 0 Å². The first-order valence-corrected chi connectivity index (χ1v) is 8.44. The molecule has 0 saturated heterocycles. The molecule has 0 aliphatic heterocycles. The molecule has 0 spiro atoms. The number of carbonyl (C=O) groups excluding carboxylic acids is 2. The summed E-state index contributed by atoms with van der Waals surface area (Å²) in [5.41, 5.74) is 0.803. The van der Waals surface area contributed by atoms with Crippen LogP contribution in [0.4, 0.5) is 14.5 Å². The minimum atomic E-state index is -1.07. The summed E-state index contributed by atoms with van der Waals surface area (Å²) in [6.07, 6.45) is 2.82. The maximum Gasteiger partial charge on any atom is 0.244 e. The summed E-state index contributed by atoms with van der Waals surface area (Å²) < 4.78 is 36.6. The fraction of sp³-hybridized carbons (Fsp3) is 0.200. The van der Waals surface area contributed by atoms with Gasteiger partial charge in [0.1, 0.15) is 0 Å². The van der Waals surface area contributed by atoms with Crippen LogP contribution < -0.4 is 20.1 Å². The molecule has 2 N–H and O–H groups in total. The summed E-state index contributed by atoms with van der Waals surface area (Å²) in [6, 6.07) is 8.18. The molecule has 0 atom stereocenters. The molecule has 2 amide bonds. The zero-order valence-electron chi connectivity index (χ0n) is 15.4.